The van der Waals surface area contributed by atoms with E-state index in [2.05, 4.69) is 5.10 Å². The molecule has 0 aliphatic carbocycles. The third-order valence-electron chi connectivity index (χ3n) is 4.10. The Balaban J connectivity index is 1.94. The lowest BCUT2D eigenvalue weighted by Gasteiger charge is -2.31. The van der Waals surface area contributed by atoms with E-state index < -0.39 is 5.82 Å². The van der Waals surface area contributed by atoms with Gasteiger partial charge in [0.1, 0.15) is 5.82 Å². The molecule has 1 aliphatic heterocycles. The Labute approximate surface area is 126 Å². The number of amides is 1. The first-order valence-corrected chi connectivity index (χ1v) is 7.21. The number of rotatable bonds is 1. The number of carbonyl (C=O) groups excluding carboxylic acids is 2. The van der Waals surface area contributed by atoms with Crippen LogP contribution in [0.25, 0.3) is 10.9 Å². The summed E-state index contributed by atoms with van der Waals surface area (Å²) in [7, 11) is 0. The van der Waals surface area contributed by atoms with Gasteiger partial charge in [0, 0.05) is 25.4 Å². The Morgan fingerprint density at radius 3 is 2.91 bits per heavy atom. The Kier molecular flexibility index (Phi) is 3.56. The number of fused-ring (bicyclic) bond motifs is 1. The SMILES string of the molecule is CC(=O)N1CCCC(C(=O)n2nc(N)c3cc(F)ccc32)C1. The molecule has 0 bridgehead atoms. The zero-order valence-electron chi connectivity index (χ0n) is 12.3. The molecule has 0 saturated carbocycles. The van der Waals surface area contributed by atoms with E-state index in [1.165, 1.54) is 29.8 Å². The van der Waals surface area contributed by atoms with Gasteiger partial charge in [-0.15, -0.1) is 5.10 Å². The molecule has 116 valence electrons. The minimum Gasteiger partial charge on any atom is -0.382 e. The second-order valence-corrected chi connectivity index (χ2v) is 5.60. The number of halogens is 1. The van der Waals surface area contributed by atoms with Gasteiger partial charge in [-0.3, -0.25) is 9.59 Å². The maximum Gasteiger partial charge on any atom is 0.252 e. The van der Waals surface area contributed by atoms with Crippen LogP contribution in [0.3, 0.4) is 0 Å². The Morgan fingerprint density at radius 2 is 2.18 bits per heavy atom. The molecule has 1 aromatic heterocycles. The number of hydrogen-bond donors (Lipinski definition) is 1. The number of piperidine rings is 1. The van der Waals surface area contributed by atoms with Crippen molar-refractivity contribution in [1.82, 2.24) is 14.7 Å². The van der Waals surface area contributed by atoms with Crippen LogP contribution in [0.4, 0.5) is 10.2 Å². The van der Waals surface area contributed by atoms with Crippen LogP contribution in [-0.2, 0) is 4.79 Å². The smallest absolute Gasteiger partial charge is 0.252 e. The van der Waals surface area contributed by atoms with E-state index in [1.807, 2.05) is 0 Å². The molecule has 0 radical (unpaired) electrons. The molecule has 2 heterocycles. The summed E-state index contributed by atoms with van der Waals surface area (Å²) in [5.74, 6) is -0.859. The second-order valence-electron chi connectivity index (χ2n) is 5.60. The van der Waals surface area contributed by atoms with Gasteiger partial charge in [0.25, 0.3) is 5.91 Å². The molecule has 2 aromatic rings. The average molecular weight is 304 g/mol. The van der Waals surface area contributed by atoms with Gasteiger partial charge in [0.05, 0.1) is 11.4 Å². The highest BCUT2D eigenvalue weighted by Crippen LogP contribution is 2.25. The minimum atomic E-state index is -0.424. The van der Waals surface area contributed by atoms with Crippen LogP contribution < -0.4 is 5.73 Å². The van der Waals surface area contributed by atoms with Gasteiger partial charge in [-0.1, -0.05) is 0 Å². The summed E-state index contributed by atoms with van der Waals surface area (Å²) in [4.78, 5) is 25.8. The Hall–Kier alpha value is -2.44. The molecule has 1 unspecified atom stereocenters. The second kappa shape index (κ2) is 5.40. The number of benzene rings is 1. The van der Waals surface area contributed by atoms with Crippen molar-refractivity contribution in [3.8, 4) is 0 Å². The molecule has 22 heavy (non-hydrogen) atoms. The van der Waals surface area contributed by atoms with E-state index in [1.54, 1.807) is 4.90 Å². The molecule has 7 heteroatoms. The van der Waals surface area contributed by atoms with Gasteiger partial charge in [-0.25, -0.2) is 4.39 Å². The molecular formula is C15H17FN4O2. The van der Waals surface area contributed by atoms with E-state index >= 15 is 0 Å². The van der Waals surface area contributed by atoms with Gasteiger partial charge in [-0.2, -0.15) is 4.68 Å². The summed E-state index contributed by atoms with van der Waals surface area (Å²) in [6, 6.07) is 4.04. The van der Waals surface area contributed by atoms with Crippen LogP contribution in [-0.4, -0.2) is 39.6 Å². The summed E-state index contributed by atoms with van der Waals surface area (Å²) in [6.07, 6.45) is 1.48. The quantitative estimate of drug-likeness (QED) is 0.868. The number of likely N-dealkylation sites (tertiary alicyclic amines) is 1. The highest BCUT2D eigenvalue weighted by molar-refractivity contribution is 5.97. The number of nitrogens with zero attached hydrogens (tertiary/aromatic N) is 3. The summed E-state index contributed by atoms with van der Waals surface area (Å²) in [6.45, 7) is 2.56. The van der Waals surface area contributed by atoms with Crippen LogP contribution in [0.2, 0.25) is 0 Å². The predicted octanol–water partition coefficient (Wildman–Crippen LogP) is 1.66. The number of carbonyl (C=O) groups is 2. The fourth-order valence-electron chi connectivity index (χ4n) is 2.92. The zero-order chi connectivity index (χ0) is 15.9. The molecule has 1 atom stereocenters. The monoisotopic (exact) mass is 304 g/mol. The van der Waals surface area contributed by atoms with Crippen molar-refractivity contribution in [1.29, 1.82) is 0 Å². The maximum absolute atomic E-state index is 13.3. The molecular weight excluding hydrogens is 287 g/mol. The molecule has 1 aromatic carbocycles. The van der Waals surface area contributed by atoms with Gasteiger partial charge < -0.3 is 10.6 Å². The van der Waals surface area contributed by atoms with Crippen molar-refractivity contribution < 1.29 is 14.0 Å². The fraction of sp³-hybridized carbons (Fsp3) is 0.400. The van der Waals surface area contributed by atoms with E-state index in [4.69, 9.17) is 5.73 Å². The summed E-state index contributed by atoms with van der Waals surface area (Å²) in [5, 5.41) is 4.47. The first-order chi connectivity index (χ1) is 10.5. The van der Waals surface area contributed by atoms with Crippen LogP contribution in [0.5, 0.6) is 0 Å². The number of aromatic nitrogens is 2. The van der Waals surface area contributed by atoms with Crippen molar-refractivity contribution in [2.45, 2.75) is 19.8 Å². The molecule has 1 aliphatic rings. The number of anilines is 1. The molecule has 1 amide bonds. The van der Waals surface area contributed by atoms with E-state index in [-0.39, 0.29) is 23.6 Å². The van der Waals surface area contributed by atoms with Crippen molar-refractivity contribution in [2.24, 2.45) is 5.92 Å². The standard InChI is InChI=1S/C15H17FN4O2/c1-9(21)19-6-2-3-10(8-19)15(22)20-13-5-4-11(16)7-12(13)14(17)18-20/h4-5,7,10H,2-3,6,8H2,1H3,(H2,17,18). The Morgan fingerprint density at radius 1 is 1.41 bits per heavy atom. The van der Waals surface area contributed by atoms with Crippen LogP contribution >= 0.6 is 0 Å². The van der Waals surface area contributed by atoms with Gasteiger partial charge in [0.2, 0.25) is 5.91 Å². The summed E-state index contributed by atoms with van der Waals surface area (Å²) < 4.78 is 14.5. The fourth-order valence-corrected chi connectivity index (χ4v) is 2.92. The van der Waals surface area contributed by atoms with Crippen molar-refractivity contribution in [2.75, 3.05) is 18.8 Å². The maximum atomic E-state index is 13.3. The first-order valence-electron chi connectivity index (χ1n) is 7.21. The van der Waals surface area contributed by atoms with E-state index in [0.717, 1.165) is 6.42 Å². The molecule has 0 spiro atoms. The highest BCUT2D eigenvalue weighted by Gasteiger charge is 2.29. The average Bonchev–Trinajstić information content (AvgIpc) is 2.83. The number of hydrogen-bond acceptors (Lipinski definition) is 4. The third-order valence-corrected chi connectivity index (χ3v) is 4.10. The highest BCUT2D eigenvalue weighted by atomic mass is 19.1. The van der Waals surface area contributed by atoms with Gasteiger partial charge in [0.15, 0.2) is 5.82 Å². The molecule has 6 nitrogen and oxygen atoms in total. The largest absolute Gasteiger partial charge is 0.382 e. The molecule has 3 rings (SSSR count). The number of nitrogen functional groups attached to an aromatic ring is 1. The topological polar surface area (TPSA) is 81.2 Å². The molecule has 1 fully saturated rings. The third kappa shape index (κ3) is 2.43. The lowest BCUT2D eigenvalue weighted by Crippen LogP contribution is -2.42. The molecule has 1 saturated heterocycles. The lowest BCUT2D eigenvalue weighted by atomic mass is 9.97. The summed E-state index contributed by atoms with van der Waals surface area (Å²) >= 11 is 0. The van der Waals surface area contributed by atoms with Crippen LogP contribution in [0.1, 0.15) is 24.6 Å². The minimum absolute atomic E-state index is 0.0376. The first kappa shape index (κ1) is 14.5. The lowest BCUT2D eigenvalue weighted by molar-refractivity contribution is -0.130. The predicted molar refractivity (Wildman–Crippen MR) is 79.7 cm³/mol. The number of nitrogens with two attached hydrogens (primary N) is 1. The van der Waals surface area contributed by atoms with Crippen LogP contribution in [0.15, 0.2) is 18.2 Å². The summed E-state index contributed by atoms with van der Waals surface area (Å²) in [5.41, 5.74) is 6.26. The van der Waals surface area contributed by atoms with Crippen LogP contribution in [0, 0.1) is 11.7 Å². The van der Waals surface area contributed by atoms with Crippen molar-refractivity contribution in [3.63, 3.8) is 0 Å². The van der Waals surface area contributed by atoms with Gasteiger partial charge in [-0.05, 0) is 31.0 Å². The molecule has 2 N–H and O–H groups in total. The van der Waals surface area contributed by atoms with E-state index in [9.17, 15) is 14.0 Å². The van der Waals surface area contributed by atoms with E-state index in [0.29, 0.717) is 30.4 Å². The van der Waals surface area contributed by atoms with Crippen molar-refractivity contribution >= 4 is 28.5 Å². The Bertz CT molecular complexity index is 755. The van der Waals surface area contributed by atoms with Crippen molar-refractivity contribution in [3.05, 3.63) is 24.0 Å². The normalized spacial score (nSPS) is 18.6. The van der Waals surface area contributed by atoms with Gasteiger partial charge >= 0.3 is 0 Å². The zero-order valence-corrected chi connectivity index (χ0v) is 12.3.